The second-order valence-electron chi connectivity index (χ2n) is 8.16. The average Bonchev–Trinajstić information content (AvgIpc) is 2.75. The van der Waals surface area contributed by atoms with Gasteiger partial charge >= 0.3 is 6.03 Å². The number of amides is 2. The van der Waals surface area contributed by atoms with Crippen molar-refractivity contribution in [3.63, 3.8) is 0 Å². The Balaban J connectivity index is 1.44. The van der Waals surface area contributed by atoms with Crippen molar-refractivity contribution < 1.29 is 14.3 Å². The van der Waals surface area contributed by atoms with Crippen LogP contribution < -0.4 is 5.32 Å². The van der Waals surface area contributed by atoms with Crippen LogP contribution in [0, 0.1) is 11.3 Å². The van der Waals surface area contributed by atoms with Crippen molar-refractivity contribution >= 4 is 6.03 Å². The molecule has 0 aromatic carbocycles. The molecule has 0 aromatic rings. The maximum absolute atomic E-state index is 12.6. The van der Waals surface area contributed by atoms with E-state index in [1.54, 1.807) is 0 Å². The molecule has 2 amide bonds. The van der Waals surface area contributed by atoms with Crippen molar-refractivity contribution in [3.05, 3.63) is 0 Å². The monoisotopic (exact) mass is 339 g/mol. The van der Waals surface area contributed by atoms with E-state index in [0.717, 1.165) is 39.4 Å². The maximum Gasteiger partial charge on any atom is 0.317 e. The predicted molar refractivity (Wildman–Crippen MR) is 93.1 cm³/mol. The molecule has 3 fully saturated rings. The topological polar surface area (TPSA) is 54.0 Å². The quantitative estimate of drug-likeness (QED) is 0.844. The van der Waals surface area contributed by atoms with Crippen LogP contribution in [-0.2, 0) is 9.47 Å². The van der Waals surface area contributed by atoms with Gasteiger partial charge < -0.3 is 19.7 Å². The van der Waals surface area contributed by atoms with E-state index in [-0.39, 0.29) is 17.6 Å². The van der Waals surface area contributed by atoms with Crippen LogP contribution in [0.15, 0.2) is 0 Å². The van der Waals surface area contributed by atoms with Crippen molar-refractivity contribution in [1.29, 1.82) is 0 Å². The van der Waals surface area contributed by atoms with Crippen LogP contribution in [-0.4, -0.2) is 81.0 Å². The summed E-state index contributed by atoms with van der Waals surface area (Å²) in [7, 11) is 0. The highest BCUT2D eigenvalue weighted by Crippen LogP contribution is 2.42. The van der Waals surface area contributed by atoms with Gasteiger partial charge in [-0.25, -0.2) is 4.79 Å². The molecule has 138 valence electrons. The fraction of sp³-hybridized carbons (Fsp3) is 0.944. The first-order valence-electron chi connectivity index (χ1n) is 9.51. The Kier molecular flexibility index (Phi) is 6.00. The molecule has 1 spiro atoms. The number of carbonyl (C=O) groups is 1. The highest BCUT2D eigenvalue weighted by atomic mass is 16.5. The normalized spacial score (nSPS) is 27.8. The minimum Gasteiger partial charge on any atom is -0.379 e. The average molecular weight is 339 g/mol. The Morgan fingerprint density at radius 2 is 2.12 bits per heavy atom. The van der Waals surface area contributed by atoms with E-state index in [1.807, 2.05) is 4.90 Å². The van der Waals surface area contributed by atoms with E-state index in [2.05, 4.69) is 24.1 Å². The molecule has 1 aliphatic carbocycles. The number of carbonyl (C=O) groups excluding carboxylic acids is 1. The van der Waals surface area contributed by atoms with Gasteiger partial charge in [0.05, 0.1) is 25.9 Å². The highest BCUT2D eigenvalue weighted by Gasteiger charge is 2.41. The Labute approximate surface area is 145 Å². The first kappa shape index (κ1) is 18.0. The molecule has 2 heterocycles. The summed E-state index contributed by atoms with van der Waals surface area (Å²) in [6.45, 7) is 11.8. The Morgan fingerprint density at radius 3 is 2.83 bits per heavy atom. The van der Waals surface area contributed by atoms with E-state index in [4.69, 9.17) is 9.47 Å². The summed E-state index contributed by atoms with van der Waals surface area (Å²) in [5, 5.41) is 3.09. The molecule has 6 nitrogen and oxygen atoms in total. The molecule has 1 atom stereocenters. The molecule has 2 aliphatic heterocycles. The van der Waals surface area contributed by atoms with Gasteiger partial charge in [0, 0.05) is 44.7 Å². The zero-order valence-electron chi connectivity index (χ0n) is 15.3. The van der Waals surface area contributed by atoms with Crippen LogP contribution in [0.4, 0.5) is 4.79 Å². The van der Waals surface area contributed by atoms with E-state index >= 15 is 0 Å². The standard InChI is InChI=1S/C18H33N3O3/c1-15(2)11-20-6-9-24-16(12-20)10-19-17(22)21-7-8-23-14-18(13-21)4-3-5-18/h15-16H,3-14H2,1-2H3,(H,19,22)/t16-/m0/s1. The molecular formula is C18H33N3O3. The molecule has 6 heteroatoms. The van der Waals surface area contributed by atoms with Crippen LogP contribution in [0.5, 0.6) is 0 Å². The number of urea groups is 1. The van der Waals surface area contributed by atoms with Crippen molar-refractivity contribution in [2.75, 3.05) is 59.1 Å². The van der Waals surface area contributed by atoms with Gasteiger partial charge in [0.15, 0.2) is 0 Å². The van der Waals surface area contributed by atoms with Gasteiger partial charge in [-0.15, -0.1) is 0 Å². The fourth-order valence-corrected chi connectivity index (χ4v) is 4.04. The molecule has 0 aromatic heterocycles. The second kappa shape index (κ2) is 8.02. The summed E-state index contributed by atoms with van der Waals surface area (Å²) in [6, 6.07) is 0.0383. The number of hydrogen-bond acceptors (Lipinski definition) is 4. The second-order valence-corrected chi connectivity index (χ2v) is 8.16. The van der Waals surface area contributed by atoms with Crippen LogP contribution in [0.3, 0.4) is 0 Å². The maximum atomic E-state index is 12.6. The summed E-state index contributed by atoms with van der Waals surface area (Å²) < 4.78 is 11.6. The third-order valence-corrected chi connectivity index (χ3v) is 5.47. The van der Waals surface area contributed by atoms with Gasteiger partial charge in [0.1, 0.15) is 0 Å². The molecule has 1 N–H and O–H groups in total. The number of ether oxygens (including phenoxy) is 2. The molecule has 3 aliphatic rings. The van der Waals surface area contributed by atoms with Crippen molar-refractivity contribution in [1.82, 2.24) is 15.1 Å². The van der Waals surface area contributed by atoms with E-state index in [1.165, 1.54) is 19.3 Å². The van der Waals surface area contributed by atoms with E-state index in [0.29, 0.717) is 25.6 Å². The molecule has 2 saturated heterocycles. The first-order chi connectivity index (χ1) is 11.6. The zero-order chi connectivity index (χ0) is 17.0. The Morgan fingerprint density at radius 1 is 1.29 bits per heavy atom. The lowest BCUT2D eigenvalue weighted by atomic mass is 9.69. The third kappa shape index (κ3) is 4.61. The Bertz CT molecular complexity index is 426. The smallest absolute Gasteiger partial charge is 0.317 e. The van der Waals surface area contributed by atoms with Crippen molar-refractivity contribution in [2.45, 2.75) is 39.2 Å². The minimum atomic E-state index is 0.0383. The number of rotatable bonds is 4. The molecule has 24 heavy (non-hydrogen) atoms. The fourth-order valence-electron chi connectivity index (χ4n) is 4.04. The van der Waals surface area contributed by atoms with Gasteiger partial charge in [0.25, 0.3) is 0 Å². The molecular weight excluding hydrogens is 306 g/mol. The largest absolute Gasteiger partial charge is 0.379 e. The number of nitrogens with one attached hydrogen (secondary N) is 1. The third-order valence-electron chi connectivity index (χ3n) is 5.47. The van der Waals surface area contributed by atoms with Gasteiger partial charge in [-0.1, -0.05) is 20.3 Å². The summed E-state index contributed by atoms with van der Waals surface area (Å²) in [4.78, 5) is 17.0. The van der Waals surface area contributed by atoms with Crippen LogP contribution in [0.25, 0.3) is 0 Å². The number of hydrogen-bond donors (Lipinski definition) is 1. The van der Waals surface area contributed by atoms with Gasteiger partial charge in [-0.05, 0) is 18.8 Å². The van der Waals surface area contributed by atoms with E-state index in [9.17, 15) is 4.79 Å². The minimum absolute atomic E-state index is 0.0383. The Hall–Kier alpha value is -0.850. The molecule has 0 bridgehead atoms. The molecule has 3 rings (SSSR count). The molecule has 0 unspecified atom stereocenters. The van der Waals surface area contributed by atoms with E-state index < -0.39 is 0 Å². The van der Waals surface area contributed by atoms with Crippen molar-refractivity contribution in [2.24, 2.45) is 11.3 Å². The molecule has 0 radical (unpaired) electrons. The predicted octanol–water partition coefficient (Wildman–Crippen LogP) is 1.56. The summed E-state index contributed by atoms with van der Waals surface area (Å²) >= 11 is 0. The SMILES string of the molecule is CC(C)CN1CCO[C@@H](CNC(=O)N2CCOCC3(CCC3)C2)C1. The van der Waals surface area contributed by atoms with Gasteiger partial charge in [-0.3, -0.25) is 4.90 Å². The van der Waals surface area contributed by atoms with Crippen LogP contribution in [0.2, 0.25) is 0 Å². The summed E-state index contributed by atoms with van der Waals surface area (Å²) in [5.41, 5.74) is 0.225. The van der Waals surface area contributed by atoms with Crippen molar-refractivity contribution in [3.8, 4) is 0 Å². The van der Waals surface area contributed by atoms with Gasteiger partial charge in [-0.2, -0.15) is 0 Å². The first-order valence-corrected chi connectivity index (χ1v) is 9.51. The van der Waals surface area contributed by atoms with Crippen LogP contribution >= 0.6 is 0 Å². The van der Waals surface area contributed by atoms with Crippen LogP contribution in [0.1, 0.15) is 33.1 Å². The summed E-state index contributed by atoms with van der Waals surface area (Å²) in [6.07, 6.45) is 3.74. The number of morpholine rings is 1. The highest BCUT2D eigenvalue weighted by molar-refractivity contribution is 5.74. The lowest BCUT2D eigenvalue weighted by molar-refractivity contribution is -0.0296. The molecule has 1 saturated carbocycles. The number of nitrogens with zero attached hydrogens (tertiary/aromatic N) is 2. The lowest BCUT2D eigenvalue weighted by Crippen LogP contribution is -2.52. The lowest BCUT2D eigenvalue weighted by Gasteiger charge is -2.42. The zero-order valence-corrected chi connectivity index (χ0v) is 15.3. The summed E-state index contributed by atoms with van der Waals surface area (Å²) in [5.74, 6) is 0.661. The van der Waals surface area contributed by atoms with Gasteiger partial charge in [0.2, 0.25) is 0 Å².